The fraction of sp³-hybridized carbons (Fsp3) is 0.0625. The van der Waals surface area contributed by atoms with Crippen LogP contribution in [0.2, 0.25) is 25.1 Å². The summed E-state index contributed by atoms with van der Waals surface area (Å²) in [5, 5.41) is -1.15. The highest BCUT2D eigenvalue weighted by Gasteiger charge is 2.34. The summed E-state index contributed by atoms with van der Waals surface area (Å²) < 4.78 is 26.3. The summed E-state index contributed by atoms with van der Waals surface area (Å²) in [6.07, 6.45) is 1.25. The van der Waals surface area contributed by atoms with Gasteiger partial charge < -0.3 is 0 Å². The molecular weight excluding hydrogens is 464 g/mol. The first kappa shape index (κ1) is 21.4. The molecule has 1 amide bonds. The van der Waals surface area contributed by atoms with Crippen LogP contribution in [0.4, 0.5) is 0 Å². The second-order valence-corrected chi connectivity index (χ2v) is 8.64. The minimum Gasteiger partial charge on any atom is -0.268 e. The van der Waals surface area contributed by atoms with Crippen molar-refractivity contribution in [3.63, 3.8) is 0 Å². The predicted molar refractivity (Wildman–Crippen MR) is 106 cm³/mol. The SMILES string of the molecule is C=CCN(C(=O)c1c(Cl)c(Cl)c(Cl)c(Cl)c1Cl)S(=O)(=O)c1ccccc1. The van der Waals surface area contributed by atoms with Crippen molar-refractivity contribution in [2.75, 3.05) is 6.54 Å². The van der Waals surface area contributed by atoms with E-state index in [1.807, 2.05) is 0 Å². The van der Waals surface area contributed by atoms with E-state index in [0.29, 0.717) is 4.31 Å². The van der Waals surface area contributed by atoms with Gasteiger partial charge in [0.15, 0.2) is 0 Å². The molecule has 138 valence electrons. The standard InChI is InChI=1S/C16H10Cl5NO3S/c1-2-8-22(26(24,25)9-6-4-3-5-7-9)16(23)10-11(17)13(19)15(21)14(20)12(10)18/h2-7H,1,8H2. The molecule has 0 aliphatic carbocycles. The Labute approximate surface area is 175 Å². The summed E-state index contributed by atoms with van der Waals surface area (Å²) in [5.41, 5.74) is -0.367. The third kappa shape index (κ3) is 3.84. The predicted octanol–water partition coefficient (Wildman–Crippen LogP) is 5.97. The van der Waals surface area contributed by atoms with Gasteiger partial charge in [-0.3, -0.25) is 4.79 Å². The number of nitrogens with zero attached hydrogens (tertiary/aromatic N) is 1. The minimum absolute atomic E-state index is 0.0893. The zero-order valence-electron chi connectivity index (χ0n) is 12.8. The molecule has 0 bridgehead atoms. The molecule has 10 heteroatoms. The van der Waals surface area contributed by atoms with Crippen LogP contribution < -0.4 is 0 Å². The number of benzene rings is 2. The topological polar surface area (TPSA) is 54.5 Å². The summed E-state index contributed by atoms with van der Waals surface area (Å²) in [5.74, 6) is -1.01. The number of carbonyl (C=O) groups excluding carboxylic acids is 1. The van der Waals surface area contributed by atoms with Gasteiger partial charge in [0.25, 0.3) is 15.9 Å². The largest absolute Gasteiger partial charge is 0.271 e. The number of carbonyl (C=O) groups is 1. The van der Waals surface area contributed by atoms with Gasteiger partial charge in [-0.25, -0.2) is 12.7 Å². The summed E-state index contributed by atoms with van der Waals surface area (Å²) in [4.78, 5) is 12.9. The van der Waals surface area contributed by atoms with Crippen molar-refractivity contribution in [1.29, 1.82) is 0 Å². The van der Waals surface area contributed by atoms with Gasteiger partial charge in [0, 0.05) is 0 Å². The van der Waals surface area contributed by atoms with Crippen LogP contribution in [0.3, 0.4) is 0 Å². The molecule has 2 rings (SSSR count). The lowest BCUT2D eigenvalue weighted by Gasteiger charge is -2.23. The Morgan fingerprint density at radius 3 is 1.85 bits per heavy atom. The monoisotopic (exact) mass is 471 g/mol. The van der Waals surface area contributed by atoms with Gasteiger partial charge >= 0.3 is 0 Å². The van der Waals surface area contributed by atoms with Crippen molar-refractivity contribution in [2.24, 2.45) is 0 Å². The van der Waals surface area contributed by atoms with Crippen molar-refractivity contribution in [2.45, 2.75) is 4.90 Å². The Hall–Kier alpha value is -0.950. The first-order chi connectivity index (χ1) is 12.1. The van der Waals surface area contributed by atoms with Crippen LogP contribution in [-0.2, 0) is 10.0 Å². The Balaban J connectivity index is 2.67. The summed E-state index contributed by atoms with van der Waals surface area (Å²) in [6, 6.07) is 7.40. The van der Waals surface area contributed by atoms with Gasteiger partial charge in [-0.2, -0.15) is 0 Å². The lowest BCUT2D eigenvalue weighted by Crippen LogP contribution is -2.37. The molecule has 4 nitrogen and oxygen atoms in total. The molecule has 0 radical (unpaired) electrons. The summed E-state index contributed by atoms with van der Waals surface area (Å²) in [7, 11) is -4.20. The zero-order chi connectivity index (χ0) is 19.6. The van der Waals surface area contributed by atoms with Crippen LogP contribution in [0, 0.1) is 0 Å². The van der Waals surface area contributed by atoms with E-state index in [4.69, 9.17) is 58.0 Å². The Kier molecular flexibility index (Phi) is 6.88. The second-order valence-electron chi connectivity index (χ2n) is 4.89. The van der Waals surface area contributed by atoms with Crippen LogP contribution in [0.5, 0.6) is 0 Å². The smallest absolute Gasteiger partial charge is 0.268 e. The average Bonchev–Trinajstić information content (AvgIpc) is 2.63. The quantitative estimate of drug-likeness (QED) is 0.305. The molecule has 0 spiro atoms. The number of hydrogen-bond acceptors (Lipinski definition) is 3. The molecule has 0 aliphatic heterocycles. The molecule has 0 saturated carbocycles. The van der Waals surface area contributed by atoms with E-state index in [2.05, 4.69) is 6.58 Å². The molecule has 2 aromatic rings. The number of sulfonamides is 1. The highest BCUT2D eigenvalue weighted by molar-refractivity contribution is 7.89. The van der Waals surface area contributed by atoms with Crippen molar-refractivity contribution in [3.8, 4) is 0 Å². The van der Waals surface area contributed by atoms with E-state index in [1.165, 1.54) is 30.3 Å². The van der Waals surface area contributed by atoms with Crippen LogP contribution in [0.25, 0.3) is 0 Å². The zero-order valence-corrected chi connectivity index (χ0v) is 17.4. The van der Waals surface area contributed by atoms with Gasteiger partial charge in [-0.15, -0.1) is 6.58 Å². The summed E-state index contributed by atoms with van der Waals surface area (Å²) in [6.45, 7) is 3.16. The van der Waals surface area contributed by atoms with Gasteiger partial charge in [0.2, 0.25) is 0 Å². The molecule has 0 aliphatic rings. The van der Waals surface area contributed by atoms with Gasteiger partial charge in [-0.05, 0) is 12.1 Å². The molecular formula is C16H10Cl5NO3S. The first-order valence-electron chi connectivity index (χ1n) is 6.89. The van der Waals surface area contributed by atoms with Crippen molar-refractivity contribution < 1.29 is 13.2 Å². The molecule has 0 saturated heterocycles. The maximum absolute atomic E-state index is 13.0. The van der Waals surface area contributed by atoms with Crippen molar-refractivity contribution in [1.82, 2.24) is 4.31 Å². The number of rotatable bonds is 5. The van der Waals surface area contributed by atoms with Crippen LogP contribution in [0.1, 0.15) is 10.4 Å². The maximum Gasteiger partial charge on any atom is 0.271 e. The lowest BCUT2D eigenvalue weighted by molar-refractivity contribution is 0.0871. The molecule has 0 unspecified atom stereocenters. The first-order valence-corrected chi connectivity index (χ1v) is 10.2. The molecule has 0 aromatic heterocycles. The average molecular weight is 474 g/mol. The van der Waals surface area contributed by atoms with Crippen molar-refractivity contribution >= 4 is 73.9 Å². The van der Waals surface area contributed by atoms with Gasteiger partial charge in [-0.1, -0.05) is 82.3 Å². The van der Waals surface area contributed by atoms with E-state index in [9.17, 15) is 13.2 Å². The molecule has 26 heavy (non-hydrogen) atoms. The van der Waals surface area contributed by atoms with Gasteiger partial charge in [0.1, 0.15) is 0 Å². The van der Waals surface area contributed by atoms with E-state index >= 15 is 0 Å². The lowest BCUT2D eigenvalue weighted by atomic mass is 10.2. The van der Waals surface area contributed by atoms with E-state index in [0.717, 1.165) is 0 Å². The van der Waals surface area contributed by atoms with Crippen molar-refractivity contribution in [3.05, 3.63) is 73.7 Å². The third-order valence-corrected chi connectivity index (χ3v) is 7.32. The molecule has 2 aromatic carbocycles. The van der Waals surface area contributed by atoms with Crippen LogP contribution in [0.15, 0.2) is 47.9 Å². The normalized spacial score (nSPS) is 11.3. The molecule has 0 N–H and O–H groups in total. The summed E-state index contributed by atoms with van der Waals surface area (Å²) >= 11 is 30.0. The highest BCUT2D eigenvalue weighted by Crippen LogP contribution is 2.44. The molecule has 0 fully saturated rings. The maximum atomic E-state index is 13.0. The molecule has 0 atom stereocenters. The number of amides is 1. The Bertz CT molecular complexity index is 948. The Morgan fingerprint density at radius 2 is 1.38 bits per heavy atom. The highest BCUT2D eigenvalue weighted by atomic mass is 35.5. The number of hydrogen-bond donors (Lipinski definition) is 0. The fourth-order valence-corrected chi connectivity index (χ4v) is 4.71. The van der Waals surface area contributed by atoms with E-state index in [-0.39, 0.29) is 42.1 Å². The molecule has 0 heterocycles. The minimum atomic E-state index is -4.20. The second kappa shape index (κ2) is 8.38. The Morgan fingerprint density at radius 1 is 0.923 bits per heavy atom. The fourth-order valence-electron chi connectivity index (χ4n) is 2.04. The third-order valence-electron chi connectivity index (χ3n) is 3.28. The van der Waals surface area contributed by atoms with Crippen LogP contribution >= 0.6 is 58.0 Å². The van der Waals surface area contributed by atoms with Gasteiger partial charge in [0.05, 0.1) is 42.1 Å². The van der Waals surface area contributed by atoms with Crippen LogP contribution in [-0.4, -0.2) is 25.2 Å². The number of halogens is 5. The van der Waals surface area contributed by atoms with E-state index < -0.39 is 15.9 Å². The van der Waals surface area contributed by atoms with E-state index in [1.54, 1.807) is 6.07 Å².